The van der Waals surface area contributed by atoms with E-state index in [2.05, 4.69) is 0 Å². The van der Waals surface area contributed by atoms with Gasteiger partial charge in [0.05, 0.1) is 6.61 Å². The van der Waals surface area contributed by atoms with E-state index in [9.17, 15) is 0 Å². The van der Waals surface area contributed by atoms with Crippen LogP contribution in [0.3, 0.4) is 0 Å². The Hall–Kier alpha value is -0.0231. The van der Waals surface area contributed by atoms with Crippen LogP contribution in [-0.4, -0.2) is 59.9 Å². The summed E-state index contributed by atoms with van der Waals surface area (Å²) in [6.45, 7) is 0.858. The summed E-state index contributed by atoms with van der Waals surface area (Å²) < 4.78 is 20.9. The van der Waals surface area contributed by atoms with Crippen LogP contribution in [0.5, 0.6) is 0 Å². The van der Waals surface area contributed by atoms with Gasteiger partial charge in [0.2, 0.25) is 0 Å². The van der Waals surface area contributed by atoms with Crippen molar-refractivity contribution in [3.63, 3.8) is 0 Å². The van der Waals surface area contributed by atoms with Crippen LogP contribution in [0.1, 0.15) is 12.8 Å². The minimum atomic E-state index is -2.48. The number of rotatable bonds is 10. The van der Waals surface area contributed by atoms with E-state index in [-0.39, 0.29) is 6.42 Å². The number of aliphatic hydroxyl groups is 2. The summed E-state index contributed by atoms with van der Waals surface area (Å²) in [5.74, 6) is 0. The molecule has 0 aromatic heterocycles. The van der Waals surface area contributed by atoms with E-state index in [0.717, 1.165) is 6.42 Å². The van der Waals surface area contributed by atoms with Crippen molar-refractivity contribution < 1.29 is 28.2 Å². The fourth-order valence-corrected chi connectivity index (χ4v) is 2.93. The van der Waals surface area contributed by atoms with Crippen molar-refractivity contribution in [3.05, 3.63) is 0 Å². The fourth-order valence-electron chi connectivity index (χ4n) is 1.24. The number of hydrogen-bond acceptors (Lipinski definition) is 6. The van der Waals surface area contributed by atoms with Crippen molar-refractivity contribution in [3.8, 4) is 0 Å². The molecule has 16 heavy (non-hydrogen) atoms. The number of ether oxygens (including phenoxy) is 1. The Labute approximate surface area is 97.5 Å². The van der Waals surface area contributed by atoms with Crippen molar-refractivity contribution in [2.45, 2.75) is 25.2 Å². The second-order valence-electron chi connectivity index (χ2n) is 3.28. The average molecular weight is 254 g/mol. The van der Waals surface area contributed by atoms with Gasteiger partial charge >= 0.3 is 8.80 Å². The molecule has 6 nitrogen and oxygen atoms in total. The topological polar surface area (TPSA) is 77.4 Å². The molecule has 0 rings (SSSR count). The number of hydrogen-bond donors (Lipinski definition) is 2. The lowest BCUT2D eigenvalue weighted by Crippen LogP contribution is -2.42. The highest BCUT2D eigenvalue weighted by molar-refractivity contribution is 6.60. The molecule has 0 aromatic rings. The molecule has 2 N–H and O–H groups in total. The maximum absolute atomic E-state index is 8.57. The minimum absolute atomic E-state index is 0.224. The van der Waals surface area contributed by atoms with Crippen LogP contribution >= 0.6 is 0 Å². The summed E-state index contributed by atoms with van der Waals surface area (Å²) in [6.07, 6.45) is -0.324. The predicted molar refractivity (Wildman–Crippen MR) is 59.9 cm³/mol. The summed E-state index contributed by atoms with van der Waals surface area (Å²) in [4.78, 5) is 0. The van der Waals surface area contributed by atoms with Gasteiger partial charge in [-0.1, -0.05) is 0 Å². The van der Waals surface area contributed by atoms with Crippen LogP contribution in [0.25, 0.3) is 0 Å². The van der Waals surface area contributed by atoms with Gasteiger partial charge in [0.1, 0.15) is 0 Å². The molecule has 0 amide bonds. The monoisotopic (exact) mass is 254 g/mol. The van der Waals surface area contributed by atoms with Crippen molar-refractivity contribution in [2.75, 3.05) is 34.5 Å². The molecular formula is C9H22O6Si. The van der Waals surface area contributed by atoms with Crippen LogP contribution in [-0.2, 0) is 18.0 Å². The summed E-state index contributed by atoms with van der Waals surface area (Å²) in [5.41, 5.74) is 0. The van der Waals surface area contributed by atoms with Crippen LogP contribution in [0.15, 0.2) is 0 Å². The van der Waals surface area contributed by atoms with Crippen molar-refractivity contribution in [2.24, 2.45) is 0 Å². The second-order valence-corrected chi connectivity index (χ2v) is 6.37. The highest BCUT2D eigenvalue weighted by Gasteiger charge is 2.36. The van der Waals surface area contributed by atoms with E-state index < -0.39 is 15.1 Å². The highest BCUT2D eigenvalue weighted by atomic mass is 28.4. The van der Waals surface area contributed by atoms with Crippen molar-refractivity contribution >= 4 is 8.80 Å². The molecule has 0 aliphatic rings. The minimum Gasteiger partial charge on any atom is -0.381 e. The summed E-state index contributed by atoms with van der Waals surface area (Å²) in [6, 6.07) is 0.679. The van der Waals surface area contributed by atoms with E-state index in [0.29, 0.717) is 19.3 Å². The van der Waals surface area contributed by atoms with Crippen LogP contribution in [0.2, 0.25) is 6.04 Å². The van der Waals surface area contributed by atoms with Crippen LogP contribution in [0.4, 0.5) is 0 Å². The Morgan fingerprint density at radius 2 is 1.56 bits per heavy atom. The van der Waals surface area contributed by atoms with Gasteiger partial charge in [-0.25, -0.2) is 0 Å². The maximum Gasteiger partial charge on any atom is 0.500 e. The SMILES string of the molecule is CO[Si](CCCOCCC(O)O)(OC)OC. The van der Waals surface area contributed by atoms with Gasteiger partial charge in [0.25, 0.3) is 0 Å². The Morgan fingerprint density at radius 3 is 2.00 bits per heavy atom. The zero-order valence-electron chi connectivity index (χ0n) is 10.1. The number of aliphatic hydroxyl groups excluding tert-OH is 1. The third kappa shape index (κ3) is 6.54. The Bertz CT molecular complexity index is 154. The molecule has 0 saturated carbocycles. The van der Waals surface area contributed by atoms with Crippen molar-refractivity contribution in [1.82, 2.24) is 0 Å². The first kappa shape index (κ1) is 16.0. The van der Waals surface area contributed by atoms with Crippen molar-refractivity contribution in [1.29, 1.82) is 0 Å². The molecule has 0 aliphatic heterocycles. The molecule has 0 fully saturated rings. The smallest absolute Gasteiger partial charge is 0.381 e. The zero-order valence-corrected chi connectivity index (χ0v) is 11.1. The molecule has 0 unspecified atom stereocenters. The first-order chi connectivity index (χ1) is 7.60. The largest absolute Gasteiger partial charge is 0.500 e. The van der Waals surface area contributed by atoms with Gasteiger partial charge in [-0.3, -0.25) is 0 Å². The molecule has 0 aromatic carbocycles. The van der Waals surface area contributed by atoms with Gasteiger partial charge in [-0.05, 0) is 6.42 Å². The molecule has 0 bridgehead atoms. The molecule has 0 spiro atoms. The highest BCUT2D eigenvalue weighted by Crippen LogP contribution is 2.14. The van der Waals surface area contributed by atoms with E-state index >= 15 is 0 Å². The average Bonchev–Trinajstić information content (AvgIpc) is 2.29. The standard InChI is InChI=1S/C9H22O6Si/c1-12-16(13-2,14-3)8-4-6-15-7-5-9(10)11/h9-11H,4-8H2,1-3H3. The van der Waals surface area contributed by atoms with E-state index in [4.69, 9.17) is 28.2 Å². The normalized spacial score (nSPS) is 12.4. The van der Waals surface area contributed by atoms with Gasteiger partial charge in [0.15, 0.2) is 6.29 Å². The molecule has 0 saturated heterocycles. The van der Waals surface area contributed by atoms with Gasteiger partial charge < -0.3 is 28.2 Å². The van der Waals surface area contributed by atoms with E-state index in [1.807, 2.05) is 0 Å². The molecular weight excluding hydrogens is 232 g/mol. The fraction of sp³-hybridized carbons (Fsp3) is 1.00. The Balaban J connectivity index is 3.55. The van der Waals surface area contributed by atoms with Gasteiger partial charge in [-0.15, -0.1) is 0 Å². The van der Waals surface area contributed by atoms with Crippen LogP contribution in [0, 0.1) is 0 Å². The van der Waals surface area contributed by atoms with E-state index in [1.165, 1.54) is 0 Å². The van der Waals surface area contributed by atoms with Gasteiger partial charge in [0, 0.05) is 40.4 Å². The third-order valence-corrected chi connectivity index (χ3v) is 5.06. The first-order valence-electron chi connectivity index (χ1n) is 5.19. The van der Waals surface area contributed by atoms with Crippen LogP contribution < -0.4 is 0 Å². The second kappa shape index (κ2) is 9.05. The summed E-state index contributed by atoms with van der Waals surface area (Å²) >= 11 is 0. The third-order valence-electron chi connectivity index (χ3n) is 2.23. The summed E-state index contributed by atoms with van der Waals surface area (Å²) in [5, 5.41) is 17.1. The lowest BCUT2D eigenvalue weighted by molar-refractivity contribution is -0.0611. The molecule has 0 aliphatic carbocycles. The first-order valence-corrected chi connectivity index (χ1v) is 7.12. The molecule has 7 heteroatoms. The van der Waals surface area contributed by atoms with Gasteiger partial charge in [-0.2, -0.15) is 0 Å². The summed E-state index contributed by atoms with van der Waals surface area (Å²) in [7, 11) is 2.24. The Kier molecular flexibility index (Phi) is 9.04. The lowest BCUT2D eigenvalue weighted by atomic mass is 10.4. The Morgan fingerprint density at radius 1 is 1.00 bits per heavy atom. The zero-order chi connectivity index (χ0) is 12.4. The molecule has 0 atom stereocenters. The quantitative estimate of drug-likeness (QED) is 0.324. The molecule has 98 valence electrons. The lowest BCUT2D eigenvalue weighted by Gasteiger charge is -2.24. The molecule has 0 heterocycles. The van der Waals surface area contributed by atoms with E-state index in [1.54, 1.807) is 21.3 Å². The maximum atomic E-state index is 8.57. The molecule has 0 radical (unpaired) electrons. The predicted octanol–water partition coefficient (Wildman–Crippen LogP) is -0.0280.